The third-order valence-corrected chi connectivity index (χ3v) is 2.93. The van der Waals surface area contributed by atoms with Crippen molar-refractivity contribution in [3.8, 4) is 11.4 Å². The molecule has 0 aliphatic rings. The van der Waals surface area contributed by atoms with Gasteiger partial charge in [-0.15, -0.1) is 0 Å². The molecule has 0 fully saturated rings. The van der Waals surface area contributed by atoms with Crippen LogP contribution in [0.15, 0.2) is 42.5 Å². The molecule has 1 aromatic heterocycles. The van der Waals surface area contributed by atoms with Gasteiger partial charge in [0.15, 0.2) is 0 Å². The van der Waals surface area contributed by atoms with Crippen molar-refractivity contribution in [3.63, 3.8) is 0 Å². The lowest BCUT2D eigenvalue weighted by molar-refractivity contribution is 0.112. The number of imidazole rings is 1. The van der Waals surface area contributed by atoms with Crippen LogP contribution in [0.2, 0.25) is 0 Å². The van der Waals surface area contributed by atoms with Crippen LogP contribution in [0.1, 0.15) is 15.9 Å². The van der Waals surface area contributed by atoms with Crippen LogP contribution in [-0.2, 0) is 0 Å². The van der Waals surface area contributed by atoms with E-state index in [1.165, 1.54) is 5.56 Å². The molecule has 0 bridgehead atoms. The number of fused-ring (bicyclic) bond motifs is 1. The van der Waals surface area contributed by atoms with Gasteiger partial charge in [-0.3, -0.25) is 4.79 Å². The Morgan fingerprint density at radius 2 is 2.06 bits per heavy atom. The topological polar surface area (TPSA) is 45.8 Å². The fraction of sp³-hybridized carbons (Fsp3) is 0.0667. The van der Waals surface area contributed by atoms with Crippen LogP contribution in [-0.4, -0.2) is 16.3 Å². The number of aromatic amines is 1. The number of benzene rings is 2. The largest absolute Gasteiger partial charge is 0.338 e. The number of carbonyl (C=O) groups excluding carboxylic acids is 1. The van der Waals surface area contributed by atoms with Gasteiger partial charge >= 0.3 is 0 Å². The number of aldehydes is 1. The van der Waals surface area contributed by atoms with E-state index in [2.05, 4.69) is 29.0 Å². The van der Waals surface area contributed by atoms with Crippen molar-refractivity contribution in [1.29, 1.82) is 0 Å². The average molecular weight is 236 g/mol. The Morgan fingerprint density at radius 3 is 2.83 bits per heavy atom. The molecule has 3 nitrogen and oxygen atoms in total. The lowest BCUT2D eigenvalue weighted by atomic mass is 10.1. The van der Waals surface area contributed by atoms with Crippen molar-refractivity contribution in [1.82, 2.24) is 9.97 Å². The Bertz CT molecular complexity index is 728. The molecule has 1 N–H and O–H groups in total. The minimum atomic E-state index is 0.655. The molecule has 2 aromatic carbocycles. The number of hydrogen-bond donors (Lipinski definition) is 1. The summed E-state index contributed by atoms with van der Waals surface area (Å²) in [6, 6.07) is 13.6. The molecule has 0 saturated heterocycles. The van der Waals surface area contributed by atoms with Gasteiger partial charge in [0.05, 0.1) is 11.0 Å². The SMILES string of the molecule is Cc1cccc(-c2nc3ccc(C=O)cc3[nH]2)c1. The fourth-order valence-corrected chi connectivity index (χ4v) is 2.03. The summed E-state index contributed by atoms with van der Waals surface area (Å²) < 4.78 is 0. The highest BCUT2D eigenvalue weighted by Crippen LogP contribution is 2.21. The molecule has 3 aromatic rings. The maximum absolute atomic E-state index is 10.7. The van der Waals surface area contributed by atoms with Crippen molar-refractivity contribution in [2.24, 2.45) is 0 Å². The number of hydrogen-bond acceptors (Lipinski definition) is 2. The Kier molecular flexibility index (Phi) is 2.45. The fourth-order valence-electron chi connectivity index (χ4n) is 2.03. The molecule has 1 heterocycles. The molecule has 0 radical (unpaired) electrons. The van der Waals surface area contributed by atoms with E-state index in [1.54, 1.807) is 6.07 Å². The summed E-state index contributed by atoms with van der Waals surface area (Å²) in [5, 5.41) is 0. The molecule has 3 rings (SSSR count). The zero-order valence-electron chi connectivity index (χ0n) is 9.97. The average Bonchev–Trinajstić information content (AvgIpc) is 2.81. The van der Waals surface area contributed by atoms with Crippen molar-refractivity contribution < 1.29 is 4.79 Å². The number of rotatable bonds is 2. The van der Waals surface area contributed by atoms with Crippen LogP contribution in [0.25, 0.3) is 22.4 Å². The smallest absolute Gasteiger partial charge is 0.150 e. The number of nitrogens with one attached hydrogen (secondary N) is 1. The molecule has 0 aliphatic heterocycles. The van der Waals surface area contributed by atoms with Crippen LogP contribution in [0.5, 0.6) is 0 Å². The van der Waals surface area contributed by atoms with Crippen LogP contribution >= 0.6 is 0 Å². The van der Waals surface area contributed by atoms with E-state index in [0.717, 1.165) is 28.7 Å². The summed E-state index contributed by atoms with van der Waals surface area (Å²) in [5.74, 6) is 0.830. The first kappa shape index (κ1) is 10.7. The second-order valence-corrected chi connectivity index (χ2v) is 4.35. The number of carbonyl (C=O) groups is 1. The van der Waals surface area contributed by atoms with E-state index in [-0.39, 0.29) is 0 Å². The molecule has 0 atom stereocenters. The van der Waals surface area contributed by atoms with Gasteiger partial charge in [0.1, 0.15) is 12.1 Å². The third kappa shape index (κ3) is 1.80. The standard InChI is InChI=1S/C15H12N2O/c1-10-3-2-4-12(7-10)15-16-13-6-5-11(9-18)8-14(13)17-15/h2-9H,1H3,(H,16,17). The zero-order chi connectivity index (χ0) is 12.5. The second kappa shape index (κ2) is 4.11. The van der Waals surface area contributed by atoms with Crippen LogP contribution in [0.3, 0.4) is 0 Å². The van der Waals surface area contributed by atoms with Gasteiger partial charge in [-0.05, 0) is 31.2 Å². The molecular weight excluding hydrogens is 224 g/mol. The number of aromatic nitrogens is 2. The first-order valence-corrected chi connectivity index (χ1v) is 5.78. The van der Waals surface area contributed by atoms with Gasteiger partial charge in [-0.25, -0.2) is 4.98 Å². The monoisotopic (exact) mass is 236 g/mol. The van der Waals surface area contributed by atoms with Crippen molar-refractivity contribution >= 4 is 17.3 Å². The summed E-state index contributed by atoms with van der Waals surface area (Å²) >= 11 is 0. The summed E-state index contributed by atoms with van der Waals surface area (Å²) in [6.45, 7) is 2.05. The van der Waals surface area contributed by atoms with Crippen molar-refractivity contribution in [2.75, 3.05) is 0 Å². The van der Waals surface area contributed by atoms with E-state index in [0.29, 0.717) is 5.56 Å². The van der Waals surface area contributed by atoms with E-state index in [1.807, 2.05) is 24.3 Å². The Hall–Kier alpha value is -2.42. The molecule has 0 amide bonds. The lowest BCUT2D eigenvalue weighted by Crippen LogP contribution is -1.80. The quantitative estimate of drug-likeness (QED) is 0.693. The minimum Gasteiger partial charge on any atom is -0.338 e. The number of H-pyrrole nitrogens is 1. The van der Waals surface area contributed by atoms with Crippen LogP contribution < -0.4 is 0 Å². The molecular formula is C15H12N2O. The maximum Gasteiger partial charge on any atom is 0.150 e. The Morgan fingerprint density at radius 1 is 1.17 bits per heavy atom. The predicted octanol–water partition coefficient (Wildman–Crippen LogP) is 3.35. The van der Waals surface area contributed by atoms with Gasteiger partial charge in [-0.1, -0.05) is 23.8 Å². The summed E-state index contributed by atoms with van der Waals surface area (Å²) in [5.41, 5.74) is 4.66. The summed E-state index contributed by atoms with van der Waals surface area (Å²) in [7, 11) is 0. The van der Waals surface area contributed by atoms with Crippen LogP contribution in [0, 0.1) is 6.92 Å². The van der Waals surface area contributed by atoms with Crippen LogP contribution in [0.4, 0.5) is 0 Å². The lowest BCUT2D eigenvalue weighted by Gasteiger charge is -1.97. The normalized spacial score (nSPS) is 10.7. The summed E-state index contributed by atoms with van der Waals surface area (Å²) in [4.78, 5) is 18.5. The minimum absolute atomic E-state index is 0.655. The highest BCUT2D eigenvalue weighted by atomic mass is 16.1. The zero-order valence-corrected chi connectivity index (χ0v) is 9.97. The van der Waals surface area contributed by atoms with Gasteiger partial charge in [-0.2, -0.15) is 0 Å². The van der Waals surface area contributed by atoms with E-state index in [9.17, 15) is 4.79 Å². The predicted molar refractivity (Wildman–Crippen MR) is 71.7 cm³/mol. The highest BCUT2D eigenvalue weighted by molar-refractivity contribution is 5.86. The van der Waals surface area contributed by atoms with Gasteiger partial charge in [0.25, 0.3) is 0 Å². The highest BCUT2D eigenvalue weighted by Gasteiger charge is 2.05. The first-order chi connectivity index (χ1) is 8.76. The first-order valence-electron chi connectivity index (χ1n) is 5.78. The van der Waals surface area contributed by atoms with Gasteiger partial charge in [0.2, 0.25) is 0 Å². The molecule has 18 heavy (non-hydrogen) atoms. The number of nitrogens with zero attached hydrogens (tertiary/aromatic N) is 1. The van der Waals surface area contributed by atoms with Crippen molar-refractivity contribution in [2.45, 2.75) is 6.92 Å². The number of aryl methyl sites for hydroxylation is 1. The van der Waals surface area contributed by atoms with Gasteiger partial charge in [0, 0.05) is 11.1 Å². The third-order valence-electron chi connectivity index (χ3n) is 2.93. The van der Waals surface area contributed by atoms with E-state index < -0.39 is 0 Å². The second-order valence-electron chi connectivity index (χ2n) is 4.35. The molecule has 0 unspecified atom stereocenters. The Balaban J connectivity index is 2.16. The summed E-state index contributed by atoms with van der Waals surface area (Å²) in [6.07, 6.45) is 0.840. The van der Waals surface area contributed by atoms with Crippen molar-refractivity contribution in [3.05, 3.63) is 53.6 Å². The molecule has 0 saturated carbocycles. The molecule has 0 aliphatic carbocycles. The molecule has 0 spiro atoms. The maximum atomic E-state index is 10.7. The Labute approximate surface area is 104 Å². The molecule has 88 valence electrons. The van der Waals surface area contributed by atoms with Gasteiger partial charge < -0.3 is 4.98 Å². The van der Waals surface area contributed by atoms with E-state index in [4.69, 9.17) is 0 Å². The molecule has 3 heteroatoms. The van der Waals surface area contributed by atoms with E-state index >= 15 is 0 Å².